The maximum Gasteiger partial charge on any atom is 0.341 e. The first-order valence-corrected chi connectivity index (χ1v) is 7.00. The Balaban J connectivity index is 1.87. The topological polar surface area (TPSA) is 63.2 Å². The fourth-order valence-electron chi connectivity index (χ4n) is 3.30. The van der Waals surface area contributed by atoms with E-state index < -0.39 is 29.1 Å². The largest absolute Gasteiger partial charge is 0.457 e. The van der Waals surface area contributed by atoms with E-state index in [1.165, 1.54) is 0 Å². The second-order valence-electron chi connectivity index (χ2n) is 6.57. The molecule has 0 bridgehead atoms. The molecule has 0 amide bonds. The summed E-state index contributed by atoms with van der Waals surface area (Å²) in [6, 6.07) is 0. The van der Waals surface area contributed by atoms with Gasteiger partial charge in [-0.2, -0.15) is 0 Å². The highest BCUT2D eigenvalue weighted by Gasteiger charge is 2.67. The van der Waals surface area contributed by atoms with Crippen LogP contribution in [0.5, 0.6) is 0 Å². The standard InChI is InChI=1S/C14H22O6/c1-8-10(9-6-16-12(2,3)20-9)19-11(15)14(5)13(8,4)17-7-18-14/h8-10H,6-7H2,1-5H3/t8-,9-,10+,13+,14-/m0/s1. The predicted molar refractivity (Wildman–Crippen MR) is 67.8 cm³/mol. The van der Waals surface area contributed by atoms with Crippen molar-refractivity contribution in [2.45, 2.75) is 63.8 Å². The molecule has 3 aliphatic heterocycles. The van der Waals surface area contributed by atoms with E-state index in [0.29, 0.717) is 6.61 Å². The first-order valence-electron chi connectivity index (χ1n) is 7.00. The number of cyclic esters (lactones) is 1. The van der Waals surface area contributed by atoms with Gasteiger partial charge in [0.25, 0.3) is 0 Å². The molecule has 6 heteroatoms. The van der Waals surface area contributed by atoms with Gasteiger partial charge in [-0.15, -0.1) is 0 Å². The van der Waals surface area contributed by atoms with Crippen molar-refractivity contribution in [3.63, 3.8) is 0 Å². The predicted octanol–water partition coefficient (Wildman–Crippen LogP) is 1.22. The highest BCUT2D eigenvalue weighted by Crippen LogP contribution is 2.48. The Morgan fingerprint density at radius 2 is 1.80 bits per heavy atom. The zero-order valence-electron chi connectivity index (χ0n) is 12.6. The molecule has 3 rings (SSSR count). The van der Waals surface area contributed by atoms with E-state index >= 15 is 0 Å². The highest BCUT2D eigenvalue weighted by molar-refractivity contribution is 5.82. The van der Waals surface area contributed by atoms with Crippen molar-refractivity contribution < 1.29 is 28.5 Å². The quantitative estimate of drug-likeness (QED) is 0.675. The molecule has 3 aliphatic rings. The van der Waals surface area contributed by atoms with Crippen LogP contribution in [-0.2, 0) is 28.5 Å². The summed E-state index contributed by atoms with van der Waals surface area (Å²) < 4.78 is 28.3. The van der Waals surface area contributed by atoms with Crippen LogP contribution in [-0.4, -0.2) is 48.6 Å². The molecule has 0 aromatic heterocycles. The average Bonchev–Trinajstić information content (AvgIpc) is 2.87. The van der Waals surface area contributed by atoms with Gasteiger partial charge in [0.15, 0.2) is 11.4 Å². The first-order chi connectivity index (χ1) is 9.20. The zero-order chi connectivity index (χ0) is 14.8. The smallest absolute Gasteiger partial charge is 0.341 e. The minimum absolute atomic E-state index is 0.0600. The Labute approximate surface area is 118 Å². The molecule has 3 saturated heterocycles. The van der Waals surface area contributed by atoms with Crippen LogP contribution in [0.4, 0.5) is 0 Å². The van der Waals surface area contributed by atoms with Crippen molar-refractivity contribution in [3.8, 4) is 0 Å². The number of esters is 1. The Morgan fingerprint density at radius 1 is 1.10 bits per heavy atom. The van der Waals surface area contributed by atoms with E-state index in [1.807, 2.05) is 27.7 Å². The maximum atomic E-state index is 12.4. The third-order valence-electron chi connectivity index (χ3n) is 5.04. The molecule has 0 aliphatic carbocycles. The summed E-state index contributed by atoms with van der Waals surface area (Å²) in [6.07, 6.45) is -0.682. The third-order valence-corrected chi connectivity index (χ3v) is 5.04. The van der Waals surface area contributed by atoms with Gasteiger partial charge in [-0.05, 0) is 27.7 Å². The number of rotatable bonds is 1. The van der Waals surface area contributed by atoms with Gasteiger partial charge in [0.2, 0.25) is 0 Å². The number of carbonyl (C=O) groups is 1. The Hall–Kier alpha value is -0.690. The van der Waals surface area contributed by atoms with E-state index in [0.717, 1.165) is 0 Å². The molecule has 0 radical (unpaired) electrons. The monoisotopic (exact) mass is 286 g/mol. The summed E-state index contributed by atoms with van der Waals surface area (Å²) in [6.45, 7) is 9.84. The Morgan fingerprint density at radius 3 is 2.40 bits per heavy atom. The van der Waals surface area contributed by atoms with E-state index in [2.05, 4.69) is 0 Å². The van der Waals surface area contributed by atoms with Crippen LogP contribution < -0.4 is 0 Å². The number of hydrogen-bond acceptors (Lipinski definition) is 6. The van der Waals surface area contributed by atoms with Crippen LogP contribution in [0.3, 0.4) is 0 Å². The average molecular weight is 286 g/mol. The molecule has 0 spiro atoms. The van der Waals surface area contributed by atoms with Crippen molar-refractivity contribution in [2.24, 2.45) is 5.92 Å². The molecule has 0 saturated carbocycles. The van der Waals surface area contributed by atoms with Gasteiger partial charge in [0.05, 0.1) is 6.61 Å². The Kier molecular flexibility index (Phi) is 2.97. The minimum Gasteiger partial charge on any atom is -0.457 e. The zero-order valence-corrected chi connectivity index (χ0v) is 12.6. The van der Waals surface area contributed by atoms with Crippen LogP contribution >= 0.6 is 0 Å². The van der Waals surface area contributed by atoms with Crippen LogP contribution in [0, 0.1) is 5.92 Å². The lowest BCUT2D eigenvalue weighted by molar-refractivity contribution is -0.226. The van der Waals surface area contributed by atoms with Gasteiger partial charge in [-0.25, -0.2) is 4.79 Å². The van der Waals surface area contributed by atoms with Gasteiger partial charge in [-0.3, -0.25) is 0 Å². The molecule has 0 N–H and O–H groups in total. The van der Waals surface area contributed by atoms with Crippen molar-refractivity contribution in [2.75, 3.05) is 13.4 Å². The molecular formula is C14H22O6. The number of carbonyl (C=O) groups excluding carboxylic acids is 1. The summed E-state index contributed by atoms with van der Waals surface area (Å²) in [7, 11) is 0. The molecule has 3 fully saturated rings. The molecule has 0 aromatic carbocycles. The molecule has 0 unspecified atom stereocenters. The lowest BCUT2D eigenvalue weighted by Gasteiger charge is -2.48. The number of hydrogen-bond donors (Lipinski definition) is 0. The first kappa shape index (κ1) is 14.3. The van der Waals surface area contributed by atoms with Gasteiger partial charge in [0, 0.05) is 5.92 Å². The van der Waals surface area contributed by atoms with Crippen LogP contribution in [0.15, 0.2) is 0 Å². The fraction of sp³-hybridized carbons (Fsp3) is 0.929. The molecule has 20 heavy (non-hydrogen) atoms. The molecule has 0 aromatic rings. The van der Waals surface area contributed by atoms with Crippen LogP contribution in [0.2, 0.25) is 0 Å². The van der Waals surface area contributed by atoms with Gasteiger partial charge < -0.3 is 23.7 Å². The fourth-order valence-corrected chi connectivity index (χ4v) is 3.30. The summed E-state index contributed by atoms with van der Waals surface area (Å²) in [5, 5.41) is 0. The van der Waals surface area contributed by atoms with Crippen molar-refractivity contribution in [3.05, 3.63) is 0 Å². The SMILES string of the molecule is C[C@H]1[C@H]([C@@H]2COC(C)(C)O2)OC(=O)[C@]2(C)OCO[C@]12C. The van der Waals surface area contributed by atoms with E-state index in [4.69, 9.17) is 23.7 Å². The third kappa shape index (κ3) is 1.75. The summed E-state index contributed by atoms with van der Waals surface area (Å²) in [5.41, 5.74) is -1.78. The van der Waals surface area contributed by atoms with E-state index in [9.17, 15) is 4.79 Å². The van der Waals surface area contributed by atoms with Crippen molar-refractivity contribution in [1.29, 1.82) is 0 Å². The Bertz CT molecular complexity index is 435. The number of ether oxygens (including phenoxy) is 5. The van der Waals surface area contributed by atoms with Crippen LogP contribution in [0.1, 0.15) is 34.6 Å². The highest BCUT2D eigenvalue weighted by atomic mass is 16.8. The lowest BCUT2D eigenvalue weighted by Crippen LogP contribution is -2.67. The number of fused-ring (bicyclic) bond motifs is 1. The molecule has 5 atom stereocenters. The minimum atomic E-state index is -1.06. The molecule has 3 heterocycles. The second kappa shape index (κ2) is 4.16. The lowest BCUT2D eigenvalue weighted by atomic mass is 9.71. The van der Waals surface area contributed by atoms with Crippen molar-refractivity contribution >= 4 is 5.97 Å². The van der Waals surface area contributed by atoms with E-state index in [-0.39, 0.29) is 18.8 Å². The maximum absolute atomic E-state index is 12.4. The van der Waals surface area contributed by atoms with Gasteiger partial charge >= 0.3 is 5.97 Å². The summed E-state index contributed by atoms with van der Waals surface area (Å²) >= 11 is 0. The van der Waals surface area contributed by atoms with Gasteiger partial charge in [-0.1, -0.05) is 6.92 Å². The van der Waals surface area contributed by atoms with E-state index in [1.54, 1.807) is 6.92 Å². The van der Waals surface area contributed by atoms with Crippen LogP contribution in [0.25, 0.3) is 0 Å². The molecular weight excluding hydrogens is 264 g/mol. The van der Waals surface area contributed by atoms with Crippen molar-refractivity contribution in [1.82, 2.24) is 0 Å². The molecule has 6 nitrogen and oxygen atoms in total. The summed E-state index contributed by atoms with van der Waals surface area (Å²) in [4.78, 5) is 12.4. The summed E-state index contributed by atoms with van der Waals surface area (Å²) in [5.74, 6) is -1.10. The normalized spacial score (nSPS) is 50.9. The molecule has 114 valence electrons. The second-order valence-corrected chi connectivity index (χ2v) is 6.57. The van der Waals surface area contributed by atoms with Gasteiger partial charge in [0.1, 0.15) is 24.6 Å².